The maximum Gasteiger partial charge on any atom is 0.519 e. The van der Waals surface area contributed by atoms with Gasteiger partial charge in [-0.2, -0.15) is 0 Å². The summed E-state index contributed by atoms with van der Waals surface area (Å²) in [5.74, 6) is 1.25. The lowest BCUT2D eigenvalue weighted by Gasteiger charge is -2.16. The number of carbonyl (C=O) groups is 1. The van der Waals surface area contributed by atoms with Crippen LogP contribution in [0.5, 0.6) is 11.5 Å². The average molecular weight is 411 g/mol. The summed E-state index contributed by atoms with van der Waals surface area (Å²) in [6.07, 6.45) is 10.1. The summed E-state index contributed by atoms with van der Waals surface area (Å²) < 4.78 is 11.4. The Labute approximate surface area is 182 Å². The van der Waals surface area contributed by atoms with Crippen LogP contribution >= 0.6 is 0 Å². The highest BCUT2D eigenvalue weighted by molar-refractivity contribution is 5.68. The van der Waals surface area contributed by atoms with E-state index in [2.05, 4.69) is 39.8 Å². The van der Waals surface area contributed by atoms with Gasteiger partial charge in [-0.3, -0.25) is 0 Å². The van der Waals surface area contributed by atoms with Crippen molar-refractivity contribution in [3.63, 3.8) is 0 Å². The van der Waals surface area contributed by atoms with Gasteiger partial charge in [0.1, 0.15) is 11.5 Å². The zero-order valence-electron chi connectivity index (χ0n) is 19.3. The molecule has 2 aromatic carbocycles. The summed E-state index contributed by atoms with van der Waals surface area (Å²) in [5.41, 5.74) is 4.75. The number of unbranched alkanes of at least 4 members (excludes halogenated alkanes) is 4. The minimum Gasteiger partial charge on any atom is -0.394 e. The van der Waals surface area contributed by atoms with Crippen LogP contribution < -0.4 is 9.47 Å². The van der Waals surface area contributed by atoms with Crippen molar-refractivity contribution in [3.8, 4) is 11.5 Å². The molecule has 0 saturated heterocycles. The highest BCUT2D eigenvalue weighted by atomic mass is 16.7. The molecule has 0 aliphatic rings. The van der Waals surface area contributed by atoms with Crippen LogP contribution in [-0.4, -0.2) is 6.16 Å². The van der Waals surface area contributed by atoms with E-state index in [1.54, 1.807) is 0 Å². The molecular weight excluding hydrogens is 372 g/mol. The average Bonchev–Trinajstić information content (AvgIpc) is 2.75. The van der Waals surface area contributed by atoms with Crippen LogP contribution in [0, 0.1) is 0 Å². The quantitative estimate of drug-likeness (QED) is 0.203. The molecule has 3 heteroatoms. The fraction of sp³-hybridized carbons (Fsp3) is 0.519. The van der Waals surface area contributed by atoms with Crippen LogP contribution in [0.4, 0.5) is 4.79 Å². The maximum absolute atomic E-state index is 12.7. The molecule has 0 radical (unpaired) electrons. The van der Waals surface area contributed by atoms with Crippen molar-refractivity contribution < 1.29 is 14.3 Å². The molecule has 2 rings (SSSR count). The third-order valence-electron chi connectivity index (χ3n) is 5.66. The van der Waals surface area contributed by atoms with Crippen LogP contribution in [0.3, 0.4) is 0 Å². The fourth-order valence-corrected chi connectivity index (χ4v) is 3.98. The number of carbonyl (C=O) groups excluding carboxylic acids is 1. The molecular formula is C27H38O3. The van der Waals surface area contributed by atoms with E-state index in [1.807, 2.05) is 24.3 Å². The second-order valence-electron chi connectivity index (χ2n) is 7.86. The molecule has 2 aromatic rings. The molecule has 0 atom stereocenters. The van der Waals surface area contributed by atoms with Gasteiger partial charge in [-0.05, 0) is 72.9 Å². The largest absolute Gasteiger partial charge is 0.519 e. The molecule has 30 heavy (non-hydrogen) atoms. The Morgan fingerprint density at radius 2 is 1.23 bits per heavy atom. The Bertz CT molecular complexity index is 795. The van der Waals surface area contributed by atoms with E-state index in [-0.39, 0.29) is 0 Å². The van der Waals surface area contributed by atoms with Gasteiger partial charge in [-0.15, -0.1) is 0 Å². The van der Waals surface area contributed by atoms with E-state index in [1.165, 1.54) is 36.8 Å². The fourth-order valence-electron chi connectivity index (χ4n) is 3.98. The summed E-state index contributed by atoms with van der Waals surface area (Å²) in [5, 5.41) is 0. The van der Waals surface area contributed by atoms with Crippen molar-refractivity contribution in [3.05, 3.63) is 58.7 Å². The predicted octanol–water partition coefficient (Wildman–Crippen LogP) is 7.85. The lowest BCUT2D eigenvalue weighted by Crippen LogP contribution is -2.16. The van der Waals surface area contributed by atoms with Gasteiger partial charge in [0.25, 0.3) is 0 Å². The first-order chi connectivity index (χ1) is 14.6. The Balaban J connectivity index is 2.19. The van der Waals surface area contributed by atoms with Gasteiger partial charge in [-0.1, -0.05) is 77.6 Å². The van der Waals surface area contributed by atoms with Crippen molar-refractivity contribution in [1.29, 1.82) is 0 Å². The Hall–Kier alpha value is -2.29. The number of ether oxygens (including phenoxy) is 2. The third-order valence-corrected chi connectivity index (χ3v) is 5.66. The lowest BCUT2D eigenvalue weighted by molar-refractivity contribution is 0.151. The van der Waals surface area contributed by atoms with E-state index in [4.69, 9.17) is 9.47 Å². The highest BCUT2D eigenvalue weighted by Crippen LogP contribution is 2.28. The zero-order chi connectivity index (χ0) is 21.8. The normalized spacial score (nSPS) is 10.8. The zero-order valence-corrected chi connectivity index (χ0v) is 19.3. The van der Waals surface area contributed by atoms with Crippen molar-refractivity contribution in [2.75, 3.05) is 0 Å². The van der Waals surface area contributed by atoms with E-state index < -0.39 is 6.16 Å². The molecule has 164 valence electrons. The third kappa shape index (κ3) is 6.90. The van der Waals surface area contributed by atoms with Gasteiger partial charge in [0.15, 0.2) is 0 Å². The molecule has 0 amide bonds. The molecule has 3 nitrogen and oxygen atoms in total. The Morgan fingerprint density at radius 3 is 1.80 bits per heavy atom. The number of benzene rings is 2. The molecule has 0 spiro atoms. The van der Waals surface area contributed by atoms with Gasteiger partial charge in [0.05, 0.1) is 0 Å². The summed E-state index contributed by atoms with van der Waals surface area (Å²) in [7, 11) is 0. The molecule has 0 heterocycles. The molecule has 0 aliphatic carbocycles. The summed E-state index contributed by atoms with van der Waals surface area (Å²) in [6.45, 7) is 8.62. The second-order valence-corrected chi connectivity index (χ2v) is 7.86. The lowest BCUT2D eigenvalue weighted by atomic mass is 9.96. The number of hydrogen-bond acceptors (Lipinski definition) is 3. The van der Waals surface area contributed by atoms with Gasteiger partial charge in [-0.25, -0.2) is 4.79 Å². The number of rotatable bonds is 12. The summed E-state index contributed by atoms with van der Waals surface area (Å²) in [6, 6.07) is 11.9. The molecule has 0 unspecified atom stereocenters. The summed E-state index contributed by atoms with van der Waals surface area (Å²) in [4.78, 5) is 12.7. The minimum absolute atomic E-state index is 0.605. The van der Waals surface area contributed by atoms with Gasteiger partial charge in [0, 0.05) is 0 Å². The molecule has 0 saturated carbocycles. The Kier molecular flexibility index (Phi) is 10.5. The van der Waals surface area contributed by atoms with Crippen molar-refractivity contribution in [1.82, 2.24) is 0 Å². The van der Waals surface area contributed by atoms with Crippen LogP contribution in [0.25, 0.3) is 0 Å². The van der Waals surface area contributed by atoms with Gasteiger partial charge >= 0.3 is 6.16 Å². The monoisotopic (exact) mass is 410 g/mol. The smallest absolute Gasteiger partial charge is 0.394 e. The SMILES string of the molecule is CCCCCc1cccc(OC(=O)Oc2cccc(CC)c2CC)c1CCCCC. The van der Waals surface area contributed by atoms with Crippen molar-refractivity contribution >= 4 is 6.16 Å². The standard InChI is InChI=1S/C27H38O3/c1-5-9-11-15-22-17-14-20-26(24(22)18-12-10-6-2)30-27(28)29-25-19-13-16-21(7-3)23(25)8-4/h13-14,16-17,19-20H,5-12,15,18H2,1-4H3. The van der Waals surface area contributed by atoms with E-state index >= 15 is 0 Å². The van der Waals surface area contributed by atoms with Gasteiger partial charge < -0.3 is 9.47 Å². The van der Waals surface area contributed by atoms with Crippen molar-refractivity contribution in [2.24, 2.45) is 0 Å². The maximum atomic E-state index is 12.7. The molecule has 0 aromatic heterocycles. The van der Waals surface area contributed by atoms with Crippen LogP contribution in [-0.2, 0) is 25.7 Å². The molecule has 0 aliphatic heterocycles. The first-order valence-corrected chi connectivity index (χ1v) is 11.8. The number of aryl methyl sites for hydroxylation is 2. The second kappa shape index (κ2) is 13.1. The first-order valence-electron chi connectivity index (χ1n) is 11.8. The molecule has 0 bridgehead atoms. The van der Waals surface area contributed by atoms with Crippen LogP contribution in [0.2, 0.25) is 0 Å². The topological polar surface area (TPSA) is 35.5 Å². The van der Waals surface area contributed by atoms with Gasteiger partial charge in [0.2, 0.25) is 0 Å². The minimum atomic E-state index is -0.652. The number of hydrogen-bond donors (Lipinski definition) is 0. The first kappa shape index (κ1) is 24.0. The van der Waals surface area contributed by atoms with E-state index in [0.717, 1.165) is 49.7 Å². The Morgan fingerprint density at radius 1 is 0.667 bits per heavy atom. The molecule has 0 N–H and O–H groups in total. The van der Waals surface area contributed by atoms with E-state index in [0.29, 0.717) is 11.5 Å². The van der Waals surface area contributed by atoms with Crippen LogP contribution in [0.1, 0.15) is 88.5 Å². The van der Waals surface area contributed by atoms with E-state index in [9.17, 15) is 4.79 Å². The molecule has 0 fully saturated rings. The van der Waals surface area contributed by atoms with Crippen molar-refractivity contribution in [2.45, 2.75) is 91.9 Å². The highest BCUT2D eigenvalue weighted by Gasteiger charge is 2.16. The summed E-state index contributed by atoms with van der Waals surface area (Å²) >= 11 is 0. The van der Waals surface area contributed by atoms with Crippen LogP contribution in [0.15, 0.2) is 36.4 Å². The predicted molar refractivity (Wildman–Crippen MR) is 125 cm³/mol.